The van der Waals surface area contributed by atoms with Crippen molar-refractivity contribution in [3.05, 3.63) is 46.5 Å². The molecule has 0 aliphatic heterocycles. The smallest absolute Gasteiger partial charge is 0.0577 e. The van der Waals surface area contributed by atoms with E-state index in [0.717, 1.165) is 54.9 Å². The first-order valence-corrected chi connectivity index (χ1v) is 13.0. The van der Waals surface area contributed by atoms with Crippen molar-refractivity contribution < 1.29 is 10.2 Å². The fourth-order valence-electron chi connectivity index (χ4n) is 8.48. The zero-order valence-corrected chi connectivity index (χ0v) is 20.0. The summed E-state index contributed by atoms with van der Waals surface area (Å²) < 4.78 is 0. The highest BCUT2D eigenvalue weighted by Crippen LogP contribution is 2.66. The minimum Gasteiger partial charge on any atom is -0.393 e. The van der Waals surface area contributed by atoms with Gasteiger partial charge in [-0.2, -0.15) is 0 Å². The average molecular weight is 443 g/mol. The fraction of sp³-hybridized carbons (Fsp3) is 0.714. The summed E-state index contributed by atoms with van der Waals surface area (Å²) in [6.45, 7) is 5.00. The maximum atomic E-state index is 11.3. The summed E-state index contributed by atoms with van der Waals surface area (Å²) >= 11 is 6.02. The number of allylic oxidation sites excluding steroid dienone is 1. The molecule has 0 aromatic heterocycles. The summed E-state index contributed by atoms with van der Waals surface area (Å²) in [5.74, 6) is 2.69. The van der Waals surface area contributed by atoms with Crippen molar-refractivity contribution in [3.63, 3.8) is 0 Å². The molecule has 3 heteroatoms. The Morgan fingerprint density at radius 1 is 1.03 bits per heavy atom. The van der Waals surface area contributed by atoms with Crippen LogP contribution in [0.2, 0.25) is 5.02 Å². The van der Waals surface area contributed by atoms with Crippen LogP contribution in [0.1, 0.15) is 77.2 Å². The highest BCUT2D eigenvalue weighted by Gasteiger charge is 2.59. The van der Waals surface area contributed by atoms with Gasteiger partial charge in [0.2, 0.25) is 0 Å². The molecule has 3 saturated carbocycles. The minimum atomic E-state index is -0.211. The first-order chi connectivity index (χ1) is 14.8. The van der Waals surface area contributed by atoms with Crippen LogP contribution in [0, 0.1) is 34.5 Å². The molecule has 4 aliphatic rings. The molecule has 3 fully saturated rings. The van der Waals surface area contributed by atoms with E-state index in [2.05, 4.69) is 32.1 Å². The van der Waals surface area contributed by atoms with Crippen LogP contribution in [0.3, 0.4) is 0 Å². The minimum absolute atomic E-state index is 0.128. The van der Waals surface area contributed by atoms with Gasteiger partial charge in [-0.05, 0) is 116 Å². The van der Waals surface area contributed by atoms with Crippen LogP contribution in [-0.2, 0) is 6.42 Å². The zero-order valence-electron chi connectivity index (χ0n) is 19.2. The molecule has 1 aromatic carbocycles. The van der Waals surface area contributed by atoms with Crippen molar-refractivity contribution in [2.24, 2.45) is 34.5 Å². The van der Waals surface area contributed by atoms with Gasteiger partial charge in [0.1, 0.15) is 0 Å². The lowest BCUT2D eigenvalue weighted by atomic mass is 9.47. The normalized spacial score (nSPS) is 42.9. The molecule has 0 radical (unpaired) electrons. The summed E-state index contributed by atoms with van der Waals surface area (Å²) in [5.41, 5.74) is 3.39. The number of halogens is 1. The summed E-state index contributed by atoms with van der Waals surface area (Å²) in [6, 6.07) is 8.08. The molecule has 0 heterocycles. The molecule has 4 aliphatic carbocycles. The third kappa shape index (κ3) is 3.71. The number of hydrogen-bond donors (Lipinski definition) is 2. The molecule has 2 nitrogen and oxygen atoms in total. The molecule has 8 atom stereocenters. The van der Waals surface area contributed by atoms with Crippen LogP contribution in [0.4, 0.5) is 0 Å². The Morgan fingerprint density at radius 2 is 1.81 bits per heavy atom. The van der Waals surface area contributed by atoms with Crippen molar-refractivity contribution in [1.82, 2.24) is 0 Å². The van der Waals surface area contributed by atoms with Crippen molar-refractivity contribution in [2.45, 2.75) is 90.3 Å². The maximum Gasteiger partial charge on any atom is 0.0577 e. The van der Waals surface area contributed by atoms with Crippen LogP contribution in [-0.4, -0.2) is 22.4 Å². The molecule has 5 rings (SSSR count). The number of fused-ring (bicyclic) bond motifs is 5. The number of aryl methyl sites for hydroxylation is 1. The van der Waals surface area contributed by atoms with E-state index in [1.807, 2.05) is 12.1 Å². The Hall–Kier alpha value is -0.830. The number of rotatable bonds is 4. The monoisotopic (exact) mass is 442 g/mol. The van der Waals surface area contributed by atoms with E-state index in [1.54, 1.807) is 5.57 Å². The largest absolute Gasteiger partial charge is 0.393 e. The summed E-state index contributed by atoms with van der Waals surface area (Å²) in [6.07, 6.45) is 13.2. The lowest BCUT2D eigenvalue weighted by Crippen LogP contribution is -2.51. The van der Waals surface area contributed by atoms with E-state index in [9.17, 15) is 10.2 Å². The third-order valence-electron chi connectivity index (χ3n) is 10.3. The molecule has 0 spiro atoms. The van der Waals surface area contributed by atoms with E-state index in [0.29, 0.717) is 11.3 Å². The molecule has 0 saturated heterocycles. The first kappa shape index (κ1) is 22.0. The van der Waals surface area contributed by atoms with Gasteiger partial charge in [0.15, 0.2) is 0 Å². The van der Waals surface area contributed by atoms with Crippen LogP contribution < -0.4 is 0 Å². The highest BCUT2D eigenvalue weighted by molar-refractivity contribution is 6.30. The molecule has 1 aromatic rings. The number of benzene rings is 1. The van der Waals surface area contributed by atoms with Crippen molar-refractivity contribution in [3.8, 4) is 0 Å². The lowest BCUT2D eigenvalue weighted by molar-refractivity contribution is -0.0713. The number of aliphatic hydroxyl groups is 2. The predicted molar refractivity (Wildman–Crippen MR) is 127 cm³/mol. The molecule has 2 N–H and O–H groups in total. The molecule has 8 unspecified atom stereocenters. The third-order valence-corrected chi connectivity index (χ3v) is 10.5. The van der Waals surface area contributed by atoms with Gasteiger partial charge in [-0.3, -0.25) is 0 Å². The topological polar surface area (TPSA) is 40.5 Å². The van der Waals surface area contributed by atoms with Gasteiger partial charge in [-0.15, -0.1) is 0 Å². The molecular weight excluding hydrogens is 404 g/mol. The lowest BCUT2D eigenvalue weighted by Gasteiger charge is -2.58. The van der Waals surface area contributed by atoms with E-state index < -0.39 is 0 Å². The number of hydrogen-bond acceptors (Lipinski definition) is 2. The van der Waals surface area contributed by atoms with Gasteiger partial charge in [0, 0.05) is 5.02 Å². The van der Waals surface area contributed by atoms with Gasteiger partial charge in [-0.25, -0.2) is 0 Å². The van der Waals surface area contributed by atoms with Crippen molar-refractivity contribution >= 4 is 11.6 Å². The second kappa shape index (κ2) is 8.19. The fourth-order valence-corrected chi connectivity index (χ4v) is 8.61. The van der Waals surface area contributed by atoms with Gasteiger partial charge in [0.25, 0.3) is 0 Å². The highest BCUT2D eigenvalue weighted by atomic mass is 35.5. The second-order valence-corrected chi connectivity index (χ2v) is 12.1. The molecule has 0 amide bonds. The Balaban J connectivity index is 1.30. The standard InChI is InChI=1S/C28H39ClO2/c1-27-15-13-21(30)17-19(27)6-9-22-23-10-11-25(28(23,2)16-14-24(22)27)26(31)12-5-18-3-7-20(29)8-4-18/h3-4,6-8,21-26,30-31H,5,9-17H2,1-2H3. The molecular formula is C28H39ClO2. The van der Waals surface area contributed by atoms with Crippen LogP contribution in [0.25, 0.3) is 0 Å². The maximum absolute atomic E-state index is 11.3. The van der Waals surface area contributed by atoms with E-state index in [4.69, 9.17) is 11.6 Å². The van der Waals surface area contributed by atoms with Crippen LogP contribution in [0.5, 0.6) is 0 Å². The molecule has 31 heavy (non-hydrogen) atoms. The Kier molecular flexibility index (Phi) is 5.81. The predicted octanol–water partition coefficient (Wildman–Crippen LogP) is 6.57. The van der Waals surface area contributed by atoms with E-state index in [1.165, 1.54) is 37.7 Å². The Bertz CT molecular complexity index is 832. The van der Waals surface area contributed by atoms with Crippen LogP contribution in [0.15, 0.2) is 35.9 Å². The summed E-state index contributed by atoms with van der Waals surface area (Å²) in [7, 11) is 0. The van der Waals surface area contributed by atoms with Gasteiger partial charge < -0.3 is 10.2 Å². The molecule has 0 bridgehead atoms. The Morgan fingerprint density at radius 3 is 2.58 bits per heavy atom. The van der Waals surface area contributed by atoms with Gasteiger partial charge in [-0.1, -0.05) is 49.2 Å². The quantitative estimate of drug-likeness (QED) is 0.517. The number of aliphatic hydroxyl groups excluding tert-OH is 2. The van der Waals surface area contributed by atoms with Crippen LogP contribution >= 0.6 is 11.6 Å². The van der Waals surface area contributed by atoms with Crippen molar-refractivity contribution in [1.29, 1.82) is 0 Å². The first-order valence-electron chi connectivity index (χ1n) is 12.6. The Labute approximate surface area is 193 Å². The average Bonchev–Trinajstić information content (AvgIpc) is 3.11. The van der Waals surface area contributed by atoms with E-state index in [-0.39, 0.29) is 17.6 Å². The summed E-state index contributed by atoms with van der Waals surface area (Å²) in [4.78, 5) is 0. The second-order valence-electron chi connectivity index (χ2n) is 11.6. The zero-order chi connectivity index (χ0) is 21.8. The molecule has 170 valence electrons. The summed E-state index contributed by atoms with van der Waals surface area (Å²) in [5, 5.41) is 22.3. The SMILES string of the molecule is CC12CCC(O)CC1=CCC1C2CCC2(C)C(C(O)CCc3ccc(Cl)cc3)CCC12. The van der Waals surface area contributed by atoms with Gasteiger partial charge in [0.05, 0.1) is 12.2 Å². The van der Waals surface area contributed by atoms with E-state index >= 15 is 0 Å². The van der Waals surface area contributed by atoms with Crippen molar-refractivity contribution in [2.75, 3.05) is 0 Å². The van der Waals surface area contributed by atoms with Gasteiger partial charge >= 0.3 is 0 Å².